The summed E-state index contributed by atoms with van der Waals surface area (Å²) in [5.74, 6) is 0. The fraction of sp³-hybridized carbons (Fsp3) is 0.588. The molecule has 1 fully saturated rings. The highest BCUT2D eigenvalue weighted by Crippen LogP contribution is 2.44. The Labute approximate surface area is 137 Å². The summed E-state index contributed by atoms with van der Waals surface area (Å²) in [6.07, 6.45) is 3.92. The third kappa shape index (κ3) is 3.93. The Balaban J connectivity index is 2.30. The number of nitrogens with two attached hydrogens (primary N) is 1. The molecule has 1 aliphatic carbocycles. The van der Waals surface area contributed by atoms with Gasteiger partial charge in [0.2, 0.25) is 0 Å². The number of hydrogen-bond donors (Lipinski definition) is 2. The first-order valence-electron chi connectivity index (χ1n) is 7.76. The summed E-state index contributed by atoms with van der Waals surface area (Å²) >= 11 is 6.11. The Morgan fingerprint density at radius 1 is 1.36 bits per heavy atom. The zero-order valence-corrected chi connectivity index (χ0v) is 14.3. The van der Waals surface area contributed by atoms with Crippen molar-refractivity contribution in [3.8, 4) is 0 Å². The molecule has 4 nitrogen and oxygen atoms in total. The van der Waals surface area contributed by atoms with Gasteiger partial charge in [-0.3, -0.25) is 5.32 Å². The summed E-state index contributed by atoms with van der Waals surface area (Å²) in [6, 6.07) is 5.61. The number of rotatable bonds is 3. The van der Waals surface area contributed by atoms with Crippen LogP contribution in [0.2, 0.25) is 5.02 Å². The second kappa shape index (κ2) is 6.47. The molecule has 1 saturated carbocycles. The number of hydrogen-bond acceptors (Lipinski definition) is 3. The quantitative estimate of drug-likeness (QED) is 0.862. The Morgan fingerprint density at radius 3 is 2.55 bits per heavy atom. The largest absolute Gasteiger partial charge is 0.444 e. The number of benzene rings is 1. The maximum absolute atomic E-state index is 12.1. The van der Waals surface area contributed by atoms with Crippen LogP contribution < -0.4 is 11.1 Å². The van der Waals surface area contributed by atoms with Crippen molar-refractivity contribution >= 4 is 23.4 Å². The zero-order valence-electron chi connectivity index (χ0n) is 13.5. The van der Waals surface area contributed by atoms with Crippen molar-refractivity contribution in [2.75, 3.05) is 11.9 Å². The van der Waals surface area contributed by atoms with E-state index in [1.807, 2.05) is 32.9 Å². The second-order valence-corrected chi connectivity index (χ2v) is 7.44. The average molecular weight is 325 g/mol. The number of halogens is 1. The maximum Gasteiger partial charge on any atom is 0.412 e. The van der Waals surface area contributed by atoms with Crippen LogP contribution in [0.1, 0.15) is 52.0 Å². The minimum Gasteiger partial charge on any atom is -0.444 e. The summed E-state index contributed by atoms with van der Waals surface area (Å²) in [7, 11) is 0. The van der Waals surface area contributed by atoms with E-state index in [1.165, 1.54) is 0 Å². The van der Waals surface area contributed by atoms with Crippen LogP contribution in [-0.2, 0) is 10.2 Å². The van der Waals surface area contributed by atoms with Crippen molar-refractivity contribution in [3.05, 3.63) is 28.8 Å². The molecule has 122 valence electrons. The standard InChI is InChI=1S/C17H25ClN2O2/c1-16(2,3)22-15(21)20-14-10-12(18)6-7-13(14)17(11-19)8-4-5-9-17/h6-7,10H,4-5,8-9,11,19H2,1-3H3,(H,20,21). The summed E-state index contributed by atoms with van der Waals surface area (Å²) in [5.41, 5.74) is 7.21. The SMILES string of the molecule is CC(C)(C)OC(=O)Nc1cc(Cl)ccc1C1(CN)CCCC1. The van der Waals surface area contributed by atoms with E-state index in [-0.39, 0.29) is 5.41 Å². The molecule has 0 heterocycles. The molecular weight excluding hydrogens is 300 g/mol. The first-order chi connectivity index (χ1) is 10.3. The van der Waals surface area contributed by atoms with Gasteiger partial charge in [-0.15, -0.1) is 0 Å². The molecule has 1 aliphatic rings. The fourth-order valence-electron chi connectivity index (χ4n) is 3.13. The molecule has 0 radical (unpaired) electrons. The molecule has 5 heteroatoms. The normalized spacial score (nSPS) is 17.3. The van der Waals surface area contributed by atoms with Gasteiger partial charge in [0.1, 0.15) is 5.60 Å². The van der Waals surface area contributed by atoms with Crippen molar-refractivity contribution in [1.29, 1.82) is 0 Å². The third-order valence-corrected chi connectivity index (χ3v) is 4.38. The summed E-state index contributed by atoms with van der Waals surface area (Å²) in [6.45, 7) is 6.08. The predicted molar refractivity (Wildman–Crippen MR) is 90.5 cm³/mol. The van der Waals surface area contributed by atoms with Crippen molar-refractivity contribution in [2.24, 2.45) is 5.73 Å². The molecular formula is C17H25ClN2O2. The number of carbonyl (C=O) groups excluding carboxylic acids is 1. The van der Waals surface area contributed by atoms with E-state index in [2.05, 4.69) is 5.32 Å². The molecule has 0 unspecified atom stereocenters. The van der Waals surface area contributed by atoms with Gasteiger partial charge in [0.15, 0.2) is 0 Å². The minimum atomic E-state index is -0.540. The predicted octanol–water partition coefficient (Wildman–Crippen LogP) is 4.46. The van der Waals surface area contributed by atoms with Crippen LogP contribution in [0.15, 0.2) is 18.2 Å². The van der Waals surface area contributed by atoms with Crippen LogP contribution >= 0.6 is 11.6 Å². The van der Waals surface area contributed by atoms with Gasteiger partial charge in [0, 0.05) is 22.7 Å². The molecule has 1 aromatic carbocycles. The maximum atomic E-state index is 12.1. The van der Waals surface area contributed by atoms with Gasteiger partial charge in [-0.25, -0.2) is 4.79 Å². The lowest BCUT2D eigenvalue weighted by Gasteiger charge is -2.30. The van der Waals surface area contributed by atoms with Crippen LogP contribution in [0.5, 0.6) is 0 Å². The van der Waals surface area contributed by atoms with E-state index in [1.54, 1.807) is 6.07 Å². The Hall–Kier alpha value is -1.26. The van der Waals surface area contributed by atoms with E-state index in [0.29, 0.717) is 17.3 Å². The van der Waals surface area contributed by atoms with Crippen molar-refractivity contribution < 1.29 is 9.53 Å². The average Bonchev–Trinajstić information content (AvgIpc) is 2.86. The first-order valence-corrected chi connectivity index (χ1v) is 8.14. The fourth-order valence-corrected chi connectivity index (χ4v) is 3.30. The zero-order chi connectivity index (χ0) is 16.4. The van der Waals surface area contributed by atoms with E-state index in [4.69, 9.17) is 22.1 Å². The summed E-state index contributed by atoms with van der Waals surface area (Å²) < 4.78 is 5.34. The van der Waals surface area contributed by atoms with Crippen molar-refractivity contribution in [2.45, 2.75) is 57.5 Å². The second-order valence-electron chi connectivity index (χ2n) is 7.01. The number of nitrogens with one attached hydrogen (secondary N) is 1. The van der Waals surface area contributed by atoms with Gasteiger partial charge >= 0.3 is 6.09 Å². The topological polar surface area (TPSA) is 64.3 Å². The van der Waals surface area contributed by atoms with Gasteiger partial charge in [-0.2, -0.15) is 0 Å². The third-order valence-electron chi connectivity index (χ3n) is 4.14. The molecule has 22 heavy (non-hydrogen) atoms. The molecule has 0 saturated heterocycles. The molecule has 0 atom stereocenters. The number of carbonyl (C=O) groups is 1. The first kappa shape index (κ1) is 17.1. The lowest BCUT2D eigenvalue weighted by Crippen LogP contribution is -2.34. The highest BCUT2D eigenvalue weighted by molar-refractivity contribution is 6.31. The Kier molecular flexibility index (Phi) is 5.03. The minimum absolute atomic E-state index is 0.0745. The molecule has 1 amide bonds. The number of amides is 1. The lowest BCUT2D eigenvalue weighted by atomic mass is 9.78. The van der Waals surface area contributed by atoms with Crippen LogP contribution in [0.3, 0.4) is 0 Å². The molecule has 1 aromatic rings. The van der Waals surface area contributed by atoms with Gasteiger partial charge < -0.3 is 10.5 Å². The van der Waals surface area contributed by atoms with E-state index >= 15 is 0 Å². The van der Waals surface area contributed by atoms with Crippen molar-refractivity contribution in [3.63, 3.8) is 0 Å². The Bertz CT molecular complexity index is 546. The van der Waals surface area contributed by atoms with Crippen LogP contribution in [0.25, 0.3) is 0 Å². The van der Waals surface area contributed by atoms with Crippen LogP contribution in [0.4, 0.5) is 10.5 Å². The van der Waals surface area contributed by atoms with Gasteiger partial charge in [-0.05, 0) is 51.3 Å². The number of ether oxygens (including phenoxy) is 1. The van der Waals surface area contributed by atoms with E-state index in [9.17, 15) is 4.79 Å². The molecule has 0 aromatic heterocycles. The van der Waals surface area contributed by atoms with Gasteiger partial charge in [0.25, 0.3) is 0 Å². The van der Waals surface area contributed by atoms with E-state index < -0.39 is 11.7 Å². The summed E-state index contributed by atoms with van der Waals surface area (Å²) in [4.78, 5) is 12.1. The van der Waals surface area contributed by atoms with E-state index in [0.717, 1.165) is 31.2 Å². The van der Waals surface area contributed by atoms with Gasteiger partial charge in [0.05, 0.1) is 0 Å². The highest BCUT2D eigenvalue weighted by atomic mass is 35.5. The molecule has 0 aliphatic heterocycles. The highest BCUT2D eigenvalue weighted by Gasteiger charge is 2.36. The monoisotopic (exact) mass is 324 g/mol. The Morgan fingerprint density at radius 2 is 2.00 bits per heavy atom. The van der Waals surface area contributed by atoms with Crippen LogP contribution in [-0.4, -0.2) is 18.2 Å². The summed E-state index contributed by atoms with van der Waals surface area (Å²) in [5, 5.41) is 3.43. The lowest BCUT2D eigenvalue weighted by molar-refractivity contribution is 0.0635. The van der Waals surface area contributed by atoms with Crippen molar-refractivity contribution in [1.82, 2.24) is 0 Å². The molecule has 2 rings (SSSR count). The number of anilines is 1. The molecule has 3 N–H and O–H groups in total. The molecule has 0 spiro atoms. The van der Waals surface area contributed by atoms with Crippen LogP contribution in [0, 0.1) is 0 Å². The smallest absolute Gasteiger partial charge is 0.412 e. The van der Waals surface area contributed by atoms with Gasteiger partial charge in [-0.1, -0.05) is 30.5 Å². The molecule has 0 bridgehead atoms.